The summed E-state index contributed by atoms with van der Waals surface area (Å²) in [5.74, 6) is 0.793. The maximum atomic E-state index is 8.60. The molecule has 2 rings (SSSR count). The van der Waals surface area contributed by atoms with Crippen LogP contribution in [0.25, 0.3) is 0 Å². The number of ether oxygens (including phenoxy) is 2. The minimum atomic E-state index is 0.426. The molecule has 0 atom stereocenters. The molecule has 4 heteroatoms. The molecule has 0 aromatic heterocycles. The van der Waals surface area contributed by atoms with Gasteiger partial charge in [0.2, 0.25) is 0 Å². The molecule has 0 radical (unpaired) electrons. The minimum absolute atomic E-state index is 0.426. The normalized spacial score (nSPS) is 10.1. The van der Waals surface area contributed by atoms with Crippen molar-refractivity contribution < 1.29 is 9.47 Å². The van der Waals surface area contributed by atoms with Gasteiger partial charge in [-0.3, -0.25) is 0 Å². The molecule has 108 valence electrons. The Morgan fingerprint density at radius 1 is 1.00 bits per heavy atom. The fourth-order valence-electron chi connectivity index (χ4n) is 1.81. The summed E-state index contributed by atoms with van der Waals surface area (Å²) in [5, 5.41) is 8.60. The number of nitriles is 1. The predicted molar refractivity (Wildman–Crippen MR) is 85.1 cm³/mol. The molecule has 3 nitrogen and oxygen atoms in total. The lowest BCUT2D eigenvalue weighted by Crippen LogP contribution is -2.06. The van der Waals surface area contributed by atoms with Gasteiger partial charge in [-0.1, -0.05) is 46.3 Å². The third-order valence-electron chi connectivity index (χ3n) is 2.92. The van der Waals surface area contributed by atoms with E-state index in [-0.39, 0.29) is 0 Å². The SMILES string of the molecule is N#CCc1ccc(OCCOCc2ccccc2Br)cc1. The minimum Gasteiger partial charge on any atom is -0.491 e. The van der Waals surface area contributed by atoms with Crippen molar-refractivity contribution in [1.29, 1.82) is 5.26 Å². The van der Waals surface area contributed by atoms with E-state index in [1.807, 2.05) is 48.5 Å². The standard InChI is InChI=1S/C17H16BrNO2/c18-17-4-2-1-3-15(17)13-20-11-12-21-16-7-5-14(6-8-16)9-10-19/h1-8H,9,11-13H2. The van der Waals surface area contributed by atoms with Crippen molar-refractivity contribution in [2.75, 3.05) is 13.2 Å². The van der Waals surface area contributed by atoms with Gasteiger partial charge in [0, 0.05) is 4.47 Å². The van der Waals surface area contributed by atoms with Crippen molar-refractivity contribution in [3.63, 3.8) is 0 Å². The molecule has 0 saturated carbocycles. The molecule has 0 N–H and O–H groups in total. The van der Waals surface area contributed by atoms with Crippen LogP contribution in [0.15, 0.2) is 53.0 Å². The summed E-state index contributed by atoms with van der Waals surface area (Å²) in [6.45, 7) is 1.59. The average Bonchev–Trinajstić information content (AvgIpc) is 2.51. The van der Waals surface area contributed by atoms with E-state index in [0.717, 1.165) is 21.3 Å². The highest BCUT2D eigenvalue weighted by atomic mass is 79.9. The van der Waals surface area contributed by atoms with Crippen LogP contribution in [0.2, 0.25) is 0 Å². The molecule has 2 aromatic carbocycles. The van der Waals surface area contributed by atoms with Crippen LogP contribution < -0.4 is 4.74 Å². The zero-order valence-corrected chi connectivity index (χ0v) is 13.2. The molecule has 0 fully saturated rings. The molecule has 0 heterocycles. The smallest absolute Gasteiger partial charge is 0.119 e. The third kappa shape index (κ3) is 5.22. The fraction of sp³-hybridized carbons (Fsp3) is 0.235. The first-order valence-corrected chi connectivity index (χ1v) is 7.49. The van der Waals surface area contributed by atoms with Gasteiger partial charge in [-0.15, -0.1) is 0 Å². The second-order valence-corrected chi connectivity index (χ2v) is 5.33. The molecule has 0 saturated heterocycles. The van der Waals surface area contributed by atoms with Gasteiger partial charge in [0.05, 0.1) is 25.7 Å². The highest BCUT2D eigenvalue weighted by Crippen LogP contribution is 2.16. The first-order chi connectivity index (χ1) is 10.3. The summed E-state index contributed by atoms with van der Waals surface area (Å²) in [4.78, 5) is 0. The zero-order chi connectivity index (χ0) is 14.9. The average molecular weight is 346 g/mol. The fourth-order valence-corrected chi connectivity index (χ4v) is 2.21. The lowest BCUT2D eigenvalue weighted by molar-refractivity contribution is 0.0886. The lowest BCUT2D eigenvalue weighted by Gasteiger charge is -2.08. The van der Waals surface area contributed by atoms with Crippen molar-refractivity contribution in [1.82, 2.24) is 0 Å². The van der Waals surface area contributed by atoms with Crippen LogP contribution in [0.1, 0.15) is 11.1 Å². The summed E-state index contributed by atoms with van der Waals surface area (Å²) < 4.78 is 12.2. The first kappa shape index (κ1) is 15.6. The molecule has 0 amide bonds. The van der Waals surface area contributed by atoms with Gasteiger partial charge in [-0.25, -0.2) is 0 Å². The zero-order valence-electron chi connectivity index (χ0n) is 11.6. The number of hydrogen-bond acceptors (Lipinski definition) is 3. The van der Waals surface area contributed by atoms with E-state index in [2.05, 4.69) is 22.0 Å². The Morgan fingerprint density at radius 3 is 2.48 bits per heavy atom. The van der Waals surface area contributed by atoms with Crippen molar-refractivity contribution in [3.05, 3.63) is 64.1 Å². The summed E-state index contributed by atoms with van der Waals surface area (Å²) in [5.41, 5.74) is 2.12. The molecular weight excluding hydrogens is 330 g/mol. The van der Waals surface area contributed by atoms with E-state index < -0.39 is 0 Å². The molecule has 0 aliphatic heterocycles. The first-order valence-electron chi connectivity index (χ1n) is 6.69. The van der Waals surface area contributed by atoms with Gasteiger partial charge in [-0.05, 0) is 29.3 Å². The Morgan fingerprint density at radius 2 is 1.76 bits per heavy atom. The summed E-state index contributed by atoms with van der Waals surface area (Å²) in [7, 11) is 0. The molecule has 0 spiro atoms. The second-order valence-electron chi connectivity index (χ2n) is 4.47. The van der Waals surface area contributed by atoms with Gasteiger partial charge in [0.1, 0.15) is 12.4 Å². The van der Waals surface area contributed by atoms with Crippen LogP contribution in [0.5, 0.6) is 5.75 Å². The Kier molecular flexibility index (Phi) is 6.26. The quantitative estimate of drug-likeness (QED) is 0.709. The highest BCUT2D eigenvalue weighted by molar-refractivity contribution is 9.10. The van der Waals surface area contributed by atoms with Crippen LogP contribution in [0.4, 0.5) is 0 Å². The van der Waals surface area contributed by atoms with Gasteiger partial charge < -0.3 is 9.47 Å². The van der Waals surface area contributed by atoms with Crippen LogP contribution in [0, 0.1) is 11.3 Å². The lowest BCUT2D eigenvalue weighted by atomic mass is 10.2. The van der Waals surface area contributed by atoms with Gasteiger partial charge in [0.15, 0.2) is 0 Å². The topological polar surface area (TPSA) is 42.2 Å². The van der Waals surface area contributed by atoms with Gasteiger partial charge in [-0.2, -0.15) is 5.26 Å². The van der Waals surface area contributed by atoms with Crippen LogP contribution >= 0.6 is 15.9 Å². The van der Waals surface area contributed by atoms with Gasteiger partial charge in [0.25, 0.3) is 0 Å². The predicted octanol–water partition coefficient (Wildman–Crippen LogP) is 4.11. The number of benzene rings is 2. The number of nitrogens with zero attached hydrogens (tertiary/aromatic N) is 1. The Balaban J connectivity index is 1.68. The van der Waals surface area contributed by atoms with Crippen LogP contribution in [0.3, 0.4) is 0 Å². The van der Waals surface area contributed by atoms with E-state index in [1.165, 1.54) is 0 Å². The van der Waals surface area contributed by atoms with Crippen molar-refractivity contribution in [2.24, 2.45) is 0 Å². The summed E-state index contributed by atoms with van der Waals surface area (Å²) in [6.07, 6.45) is 0.426. The van der Waals surface area contributed by atoms with E-state index in [1.54, 1.807) is 0 Å². The van der Waals surface area contributed by atoms with E-state index >= 15 is 0 Å². The molecule has 0 aliphatic rings. The van der Waals surface area contributed by atoms with E-state index in [9.17, 15) is 0 Å². The monoisotopic (exact) mass is 345 g/mol. The third-order valence-corrected chi connectivity index (χ3v) is 3.69. The summed E-state index contributed by atoms with van der Waals surface area (Å²) in [6, 6.07) is 17.7. The molecule has 0 unspecified atom stereocenters. The second kappa shape index (κ2) is 8.46. The molecule has 2 aromatic rings. The maximum absolute atomic E-state index is 8.60. The van der Waals surface area contributed by atoms with E-state index in [4.69, 9.17) is 14.7 Å². The number of halogens is 1. The molecule has 0 aliphatic carbocycles. The Labute approximate surface area is 133 Å². The Hall–Kier alpha value is -1.83. The largest absolute Gasteiger partial charge is 0.491 e. The van der Waals surface area contributed by atoms with Crippen LogP contribution in [-0.4, -0.2) is 13.2 Å². The molecule has 0 bridgehead atoms. The molecular formula is C17H16BrNO2. The maximum Gasteiger partial charge on any atom is 0.119 e. The number of hydrogen-bond donors (Lipinski definition) is 0. The number of rotatable bonds is 7. The van der Waals surface area contributed by atoms with Crippen molar-refractivity contribution in [2.45, 2.75) is 13.0 Å². The van der Waals surface area contributed by atoms with Crippen molar-refractivity contribution >= 4 is 15.9 Å². The van der Waals surface area contributed by atoms with Gasteiger partial charge >= 0.3 is 0 Å². The molecule has 21 heavy (non-hydrogen) atoms. The van der Waals surface area contributed by atoms with Crippen LogP contribution in [-0.2, 0) is 17.8 Å². The van der Waals surface area contributed by atoms with Crippen molar-refractivity contribution in [3.8, 4) is 11.8 Å². The highest BCUT2D eigenvalue weighted by Gasteiger charge is 1.99. The Bertz CT molecular complexity index is 605. The summed E-state index contributed by atoms with van der Waals surface area (Å²) >= 11 is 3.49. The van der Waals surface area contributed by atoms with E-state index in [0.29, 0.717) is 26.2 Å².